The van der Waals surface area contributed by atoms with E-state index in [-0.39, 0.29) is 5.63 Å². The Kier molecular flexibility index (Phi) is 3.00. The van der Waals surface area contributed by atoms with Crippen LogP contribution in [0.1, 0.15) is 17.5 Å². The van der Waals surface area contributed by atoms with E-state index in [1.165, 1.54) is 16.8 Å². The van der Waals surface area contributed by atoms with Gasteiger partial charge in [0, 0.05) is 23.7 Å². The van der Waals surface area contributed by atoms with Crippen molar-refractivity contribution in [2.24, 2.45) is 0 Å². The van der Waals surface area contributed by atoms with Crippen molar-refractivity contribution in [1.82, 2.24) is 0 Å². The SMILES string of the molecule is Cc1ccc2c(c1)CCCN2c1cc(=O)oc2ccccc12. The third-order valence-corrected chi connectivity index (χ3v) is 4.27. The Morgan fingerprint density at radius 3 is 2.82 bits per heavy atom. The Hall–Kier alpha value is -2.55. The fraction of sp³-hybridized carbons (Fsp3) is 0.211. The lowest BCUT2D eigenvalue weighted by molar-refractivity contribution is 0.560. The number of rotatable bonds is 1. The Morgan fingerprint density at radius 1 is 1.05 bits per heavy atom. The maximum absolute atomic E-state index is 11.9. The van der Waals surface area contributed by atoms with Crippen molar-refractivity contribution < 1.29 is 4.42 Å². The van der Waals surface area contributed by atoms with Gasteiger partial charge in [-0.1, -0.05) is 29.8 Å². The topological polar surface area (TPSA) is 33.5 Å². The second kappa shape index (κ2) is 5.02. The molecule has 3 heteroatoms. The fourth-order valence-corrected chi connectivity index (χ4v) is 3.29. The lowest BCUT2D eigenvalue weighted by Gasteiger charge is -2.32. The number of para-hydroxylation sites is 1. The van der Waals surface area contributed by atoms with E-state index in [2.05, 4.69) is 30.0 Å². The van der Waals surface area contributed by atoms with Crippen molar-refractivity contribution in [2.75, 3.05) is 11.4 Å². The number of benzene rings is 2. The molecule has 0 fully saturated rings. The molecule has 0 aliphatic carbocycles. The maximum Gasteiger partial charge on any atom is 0.338 e. The molecule has 1 aromatic heterocycles. The molecule has 3 nitrogen and oxygen atoms in total. The molecule has 2 aromatic carbocycles. The number of anilines is 2. The number of aryl methyl sites for hydroxylation is 2. The Balaban J connectivity index is 1.96. The van der Waals surface area contributed by atoms with Crippen molar-refractivity contribution in [3.63, 3.8) is 0 Å². The van der Waals surface area contributed by atoms with Crippen LogP contribution in [0.15, 0.2) is 57.7 Å². The molecule has 0 radical (unpaired) electrons. The number of nitrogens with zero attached hydrogens (tertiary/aromatic N) is 1. The largest absolute Gasteiger partial charge is 0.423 e. The second-order valence-electron chi connectivity index (χ2n) is 5.83. The van der Waals surface area contributed by atoms with Gasteiger partial charge in [-0.15, -0.1) is 0 Å². The normalized spacial score (nSPS) is 14.1. The van der Waals surface area contributed by atoms with Crippen LogP contribution >= 0.6 is 0 Å². The fourth-order valence-electron chi connectivity index (χ4n) is 3.29. The molecule has 0 saturated carbocycles. The molecule has 0 unspecified atom stereocenters. The van der Waals surface area contributed by atoms with Crippen molar-refractivity contribution in [2.45, 2.75) is 19.8 Å². The quantitative estimate of drug-likeness (QED) is 0.630. The molecular weight excluding hydrogens is 274 g/mol. The average molecular weight is 291 g/mol. The van der Waals surface area contributed by atoms with Crippen molar-refractivity contribution in [1.29, 1.82) is 0 Å². The van der Waals surface area contributed by atoms with Gasteiger partial charge in [-0.25, -0.2) is 4.79 Å². The van der Waals surface area contributed by atoms with Gasteiger partial charge in [0.2, 0.25) is 0 Å². The Morgan fingerprint density at radius 2 is 1.91 bits per heavy atom. The molecule has 0 saturated heterocycles. The summed E-state index contributed by atoms with van der Waals surface area (Å²) in [6, 6.07) is 15.9. The molecule has 3 aromatic rings. The Labute approximate surface area is 128 Å². The van der Waals surface area contributed by atoms with Gasteiger partial charge in [-0.05, 0) is 43.5 Å². The van der Waals surface area contributed by atoms with Crippen molar-refractivity contribution in [3.8, 4) is 0 Å². The summed E-state index contributed by atoms with van der Waals surface area (Å²) in [4.78, 5) is 14.2. The Bertz CT molecular complexity index is 911. The van der Waals surface area contributed by atoms with Gasteiger partial charge in [-0.2, -0.15) is 0 Å². The van der Waals surface area contributed by atoms with E-state index >= 15 is 0 Å². The first-order valence-electron chi connectivity index (χ1n) is 7.62. The molecule has 0 spiro atoms. The number of fused-ring (bicyclic) bond motifs is 2. The van der Waals surface area contributed by atoms with Gasteiger partial charge in [0.1, 0.15) is 5.58 Å². The predicted octanol–water partition coefficient (Wildman–Crippen LogP) is 4.19. The number of hydrogen-bond acceptors (Lipinski definition) is 3. The zero-order valence-electron chi connectivity index (χ0n) is 12.5. The van der Waals surface area contributed by atoms with E-state index in [0.717, 1.165) is 30.5 Å². The first kappa shape index (κ1) is 13.1. The summed E-state index contributed by atoms with van der Waals surface area (Å²) in [5.41, 5.74) is 5.11. The van der Waals surface area contributed by atoms with E-state index in [1.807, 2.05) is 24.3 Å². The van der Waals surface area contributed by atoms with E-state index in [1.54, 1.807) is 6.07 Å². The van der Waals surface area contributed by atoms with Crippen LogP contribution < -0.4 is 10.5 Å². The average Bonchev–Trinajstić information content (AvgIpc) is 2.53. The molecule has 1 aliphatic heterocycles. The summed E-state index contributed by atoms with van der Waals surface area (Å²) < 4.78 is 5.32. The zero-order chi connectivity index (χ0) is 15.1. The molecule has 0 atom stereocenters. The molecule has 110 valence electrons. The third-order valence-electron chi connectivity index (χ3n) is 4.27. The van der Waals surface area contributed by atoms with Gasteiger partial charge >= 0.3 is 5.63 Å². The van der Waals surface area contributed by atoms with Crippen LogP contribution in [0.2, 0.25) is 0 Å². The van der Waals surface area contributed by atoms with Crippen molar-refractivity contribution in [3.05, 3.63) is 70.1 Å². The minimum absolute atomic E-state index is 0.298. The summed E-state index contributed by atoms with van der Waals surface area (Å²) in [6.07, 6.45) is 2.18. The van der Waals surface area contributed by atoms with Gasteiger partial charge in [0.15, 0.2) is 0 Å². The van der Waals surface area contributed by atoms with Crippen LogP contribution in [-0.2, 0) is 6.42 Å². The van der Waals surface area contributed by atoms with E-state index in [9.17, 15) is 4.79 Å². The molecule has 0 N–H and O–H groups in total. The van der Waals surface area contributed by atoms with E-state index in [4.69, 9.17) is 4.42 Å². The minimum Gasteiger partial charge on any atom is -0.423 e. The summed E-state index contributed by atoms with van der Waals surface area (Å²) in [6.45, 7) is 3.04. The summed E-state index contributed by atoms with van der Waals surface area (Å²) in [7, 11) is 0. The highest BCUT2D eigenvalue weighted by atomic mass is 16.4. The van der Waals surface area contributed by atoms with Gasteiger partial charge in [0.25, 0.3) is 0 Å². The molecule has 0 bridgehead atoms. The molecule has 0 amide bonds. The van der Waals surface area contributed by atoms with E-state index < -0.39 is 0 Å². The highest BCUT2D eigenvalue weighted by molar-refractivity contribution is 5.92. The minimum atomic E-state index is -0.298. The molecule has 4 rings (SSSR count). The molecule has 22 heavy (non-hydrogen) atoms. The van der Waals surface area contributed by atoms with Crippen LogP contribution in [0.25, 0.3) is 11.0 Å². The predicted molar refractivity (Wildman–Crippen MR) is 89.0 cm³/mol. The zero-order valence-corrected chi connectivity index (χ0v) is 12.5. The number of hydrogen-bond donors (Lipinski definition) is 0. The summed E-state index contributed by atoms with van der Waals surface area (Å²) in [5.74, 6) is 0. The molecule has 2 heterocycles. The second-order valence-corrected chi connectivity index (χ2v) is 5.83. The van der Waals surface area contributed by atoms with Gasteiger partial charge in [-0.3, -0.25) is 0 Å². The third kappa shape index (κ3) is 2.10. The standard InChI is InChI=1S/C19H17NO2/c1-13-8-9-16-14(11-13)5-4-10-20(16)17-12-19(21)22-18-7-3-2-6-15(17)18/h2-3,6-9,11-12H,4-5,10H2,1H3. The lowest BCUT2D eigenvalue weighted by atomic mass is 9.98. The first-order valence-corrected chi connectivity index (χ1v) is 7.62. The maximum atomic E-state index is 11.9. The van der Waals surface area contributed by atoms with Crippen LogP contribution in [0.4, 0.5) is 11.4 Å². The van der Waals surface area contributed by atoms with Crippen LogP contribution in [0.5, 0.6) is 0 Å². The molecular formula is C19H17NO2. The van der Waals surface area contributed by atoms with E-state index in [0.29, 0.717) is 5.58 Å². The summed E-state index contributed by atoms with van der Waals surface area (Å²) >= 11 is 0. The van der Waals surface area contributed by atoms with Crippen molar-refractivity contribution >= 4 is 22.3 Å². The lowest BCUT2D eigenvalue weighted by Crippen LogP contribution is -2.25. The highest BCUT2D eigenvalue weighted by Crippen LogP contribution is 2.36. The van der Waals surface area contributed by atoms with Crippen LogP contribution in [-0.4, -0.2) is 6.54 Å². The highest BCUT2D eigenvalue weighted by Gasteiger charge is 2.20. The van der Waals surface area contributed by atoms with Crippen LogP contribution in [0, 0.1) is 6.92 Å². The summed E-state index contributed by atoms with van der Waals surface area (Å²) in [5, 5.41) is 0.982. The van der Waals surface area contributed by atoms with Gasteiger partial charge < -0.3 is 9.32 Å². The van der Waals surface area contributed by atoms with Crippen LogP contribution in [0.3, 0.4) is 0 Å². The smallest absolute Gasteiger partial charge is 0.338 e. The first-order chi connectivity index (χ1) is 10.7. The molecule has 1 aliphatic rings. The monoisotopic (exact) mass is 291 g/mol. The van der Waals surface area contributed by atoms with Gasteiger partial charge in [0.05, 0.1) is 5.69 Å².